The van der Waals surface area contributed by atoms with Crippen molar-refractivity contribution in [3.05, 3.63) is 48.0 Å². The monoisotopic (exact) mass is 618 g/mol. The number of aldehydes is 1. The second kappa shape index (κ2) is 35.5. The van der Waals surface area contributed by atoms with Crippen LogP contribution in [0, 0.1) is 11.8 Å². The Morgan fingerprint density at radius 2 is 1.41 bits per heavy atom. The lowest BCUT2D eigenvalue weighted by Gasteiger charge is -2.26. The Bertz CT molecular complexity index is 750. The summed E-state index contributed by atoms with van der Waals surface area (Å²) in [6.07, 6.45) is 32.5. The van der Waals surface area contributed by atoms with Crippen LogP contribution >= 0.6 is 0 Å². The van der Waals surface area contributed by atoms with Crippen LogP contribution in [-0.4, -0.2) is 38.1 Å². The summed E-state index contributed by atoms with van der Waals surface area (Å²) in [5.74, 6) is 0.679. The van der Waals surface area contributed by atoms with Crippen LogP contribution in [-0.2, 0) is 14.3 Å². The number of allylic oxidation sites excluding steroid dienone is 2. The number of carboxylic acids is 1. The normalized spacial score (nSPS) is 16.4. The number of carbonyl (C=O) groups is 2. The number of carbonyl (C=O) groups excluding carboxylic acids is 1. The predicted molar refractivity (Wildman–Crippen MR) is 190 cm³/mol. The molecular weight excluding hydrogens is 546 g/mol. The van der Waals surface area contributed by atoms with Crippen LogP contribution in [0.3, 0.4) is 0 Å². The van der Waals surface area contributed by atoms with Crippen LogP contribution in [0.2, 0.25) is 0 Å². The smallest absolute Gasteiger partial charge is 0.313 e. The molecule has 0 radical (unpaired) electrons. The molecule has 0 spiro atoms. The Balaban J connectivity index is 0. The predicted octanol–water partition coefficient (Wildman–Crippen LogP) is 10.9. The van der Waals surface area contributed by atoms with Gasteiger partial charge in [0.2, 0.25) is 0 Å². The first-order valence-electron chi connectivity index (χ1n) is 17.9. The Hall–Kier alpha value is -1.98. The van der Waals surface area contributed by atoms with Gasteiger partial charge >= 0.3 is 5.97 Å². The maximum atomic E-state index is 10.8. The number of hydrogen-bond donors (Lipinski definition) is 2. The van der Waals surface area contributed by atoms with Crippen LogP contribution in [0.1, 0.15) is 161 Å². The van der Waals surface area contributed by atoms with Gasteiger partial charge in [0.1, 0.15) is 12.2 Å². The summed E-state index contributed by atoms with van der Waals surface area (Å²) in [5, 5.41) is 8.88. The second-order valence-electron chi connectivity index (χ2n) is 12.2. The van der Waals surface area contributed by atoms with E-state index in [-0.39, 0.29) is 6.61 Å². The fourth-order valence-electron chi connectivity index (χ4n) is 5.69. The summed E-state index contributed by atoms with van der Waals surface area (Å²) in [6.45, 7) is 7.19. The number of ether oxygens (including phenoxy) is 1. The molecule has 1 aromatic carbocycles. The average Bonchev–Trinajstić information content (AvgIpc) is 3.04. The molecule has 5 heteroatoms. The Morgan fingerprint density at radius 3 is 1.91 bits per heavy atom. The van der Waals surface area contributed by atoms with Gasteiger partial charge in [-0.1, -0.05) is 147 Å². The number of benzene rings is 1. The highest BCUT2D eigenvalue weighted by Gasteiger charge is 2.19. The maximum Gasteiger partial charge on any atom is 0.313 e. The van der Waals surface area contributed by atoms with Gasteiger partial charge < -0.3 is 20.4 Å². The van der Waals surface area contributed by atoms with E-state index in [1.165, 1.54) is 117 Å². The van der Waals surface area contributed by atoms with E-state index < -0.39 is 11.9 Å². The van der Waals surface area contributed by atoms with Crippen molar-refractivity contribution in [1.29, 1.82) is 0 Å². The number of rotatable bonds is 21. The largest absolute Gasteiger partial charge is 0.481 e. The van der Waals surface area contributed by atoms with E-state index in [0.29, 0.717) is 0 Å². The number of nitrogens with two attached hydrogens (primary N) is 1. The number of carboxylic acid groups (broad SMARTS) is 1. The summed E-state index contributed by atoms with van der Waals surface area (Å²) in [7, 11) is 3.00. The molecule has 3 atom stereocenters. The van der Waals surface area contributed by atoms with Gasteiger partial charge in [0.05, 0.1) is 6.61 Å². The fourth-order valence-corrected chi connectivity index (χ4v) is 5.69. The van der Waals surface area contributed by atoms with Crippen LogP contribution < -0.4 is 5.73 Å². The van der Waals surface area contributed by atoms with E-state index in [4.69, 9.17) is 9.84 Å². The number of aliphatic carboxylic acids is 1. The summed E-state index contributed by atoms with van der Waals surface area (Å²) in [6, 6.07) is 9.08. The van der Waals surface area contributed by atoms with Crippen molar-refractivity contribution in [3.8, 4) is 0 Å². The van der Waals surface area contributed by atoms with Crippen LogP contribution in [0.25, 0.3) is 0 Å². The molecule has 0 aromatic heterocycles. The molecule has 0 aliphatic heterocycles. The van der Waals surface area contributed by atoms with Gasteiger partial charge in [0, 0.05) is 13.5 Å². The van der Waals surface area contributed by atoms with E-state index >= 15 is 0 Å². The van der Waals surface area contributed by atoms with Crippen molar-refractivity contribution < 1.29 is 19.4 Å². The van der Waals surface area contributed by atoms with E-state index in [9.17, 15) is 9.59 Å². The highest BCUT2D eigenvalue weighted by Crippen LogP contribution is 2.31. The lowest BCUT2D eigenvalue weighted by Crippen LogP contribution is -2.16. The summed E-state index contributed by atoms with van der Waals surface area (Å²) >= 11 is 0. The Labute approximate surface area is 272 Å². The zero-order valence-electron chi connectivity index (χ0n) is 29.4. The van der Waals surface area contributed by atoms with Crippen molar-refractivity contribution in [1.82, 2.24) is 0 Å². The summed E-state index contributed by atoms with van der Waals surface area (Å²) in [5.41, 5.74) is 5.27. The third kappa shape index (κ3) is 28.8. The third-order valence-electron chi connectivity index (χ3n) is 8.16. The quantitative estimate of drug-likeness (QED) is 0.0813. The Kier molecular flexibility index (Phi) is 35.6. The standard InChI is InChI=1S/C18H34O.C10H12O3.C10H20.CH5N/c1-2-3-4-5-6-7-8-9-10-11-12-13-14-15-16-17-18-19;1-13-7-9(10(11)12)8-5-3-2-4-6-8;1-3-5-10-7-4-6-9(2)8-10;1-2/h12-13,18H,2-11,14-17H2,1H3;2-6,9H,7H2,1H3,(H,11,12);9-10H,3-8H2,1-2H3;2H2,1H3/b13-12-;;;. The molecule has 0 saturated heterocycles. The molecule has 3 N–H and O–H groups in total. The highest BCUT2D eigenvalue weighted by atomic mass is 16.5. The number of unbranched alkanes of at least 4 members (excludes halogenated alkanes) is 12. The van der Waals surface area contributed by atoms with Gasteiger partial charge in [-0.3, -0.25) is 4.79 Å². The molecule has 0 heterocycles. The van der Waals surface area contributed by atoms with E-state index in [2.05, 4.69) is 38.7 Å². The van der Waals surface area contributed by atoms with Crippen LogP contribution in [0.4, 0.5) is 0 Å². The lowest BCUT2D eigenvalue weighted by molar-refractivity contribution is -0.140. The fraction of sp³-hybridized carbons (Fsp3) is 0.744. The topological polar surface area (TPSA) is 89.6 Å². The van der Waals surface area contributed by atoms with Crippen molar-refractivity contribution in [3.63, 3.8) is 0 Å². The Morgan fingerprint density at radius 1 is 0.864 bits per heavy atom. The van der Waals surface area contributed by atoms with Gasteiger partial charge in [0.25, 0.3) is 0 Å². The first kappa shape index (κ1) is 44.1. The molecule has 0 amide bonds. The molecule has 5 nitrogen and oxygen atoms in total. The van der Waals surface area contributed by atoms with Crippen LogP contribution in [0.15, 0.2) is 42.5 Å². The first-order valence-corrected chi connectivity index (χ1v) is 17.9. The zero-order chi connectivity index (χ0) is 33.1. The zero-order valence-corrected chi connectivity index (χ0v) is 29.4. The molecule has 1 fully saturated rings. The molecule has 1 aliphatic carbocycles. The van der Waals surface area contributed by atoms with E-state index in [1.807, 2.05) is 18.2 Å². The maximum absolute atomic E-state index is 10.8. The van der Waals surface area contributed by atoms with Crippen molar-refractivity contribution in [2.24, 2.45) is 17.6 Å². The second-order valence-corrected chi connectivity index (χ2v) is 12.2. The van der Waals surface area contributed by atoms with Gasteiger partial charge in [-0.25, -0.2) is 0 Å². The third-order valence-corrected chi connectivity index (χ3v) is 8.16. The minimum absolute atomic E-state index is 0.208. The molecule has 0 bridgehead atoms. The molecule has 44 heavy (non-hydrogen) atoms. The number of hydrogen-bond acceptors (Lipinski definition) is 4. The van der Waals surface area contributed by atoms with Gasteiger partial charge in [-0.15, -0.1) is 0 Å². The van der Waals surface area contributed by atoms with E-state index in [1.54, 1.807) is 12.1 Å². The van der Waals surface area contributed by atoms with Crippen molar-refractivity contribution >= 4 is 12.3 Å². The molecular formula is C39H71NO4. The SMILES string of the molecule is CCCC1CCCC(C)C1.CCCCCCCCCCC/C=C\CCCCC=O.CN.COCC(C(=O)O)c1ccccc1. The minimum atomic E-state index is -0.854. The number of methoxy groups -OCH3 is 1. The first-order chi connectivity index (χ1) is 21.5. The molecule has 1 aliphatic rings. The van der Waals surface area contributed by atoms with Crippen LogP contribution in [0.5, 0.6) is 0 Å². The van der Waals surface area contributed by atoms with Crippen molar-refractivity contribution in [2.75, 3.05) is 20.8 Å². The minimum Gasteiger partial charge on any atom is -0.481 e. The molecule has 3 unspecified atom stereocenters. The molecule has 1 saturated carbocycles. The molecule has 256 valence electrons. The summed E-state index contributed by atoms with van der Waals surface area (Å²) in [4.78, 5) is 20.9. The van der Waals surface area contributed by atoms with Gasteiger partial charge in [-0.05, 0) is 63.0 Å². The lowest BCUT2D eigenvalue weighted by atomic mass is 9.80. The molecule has 2 rings (SSSR count). The van der Waals surface area contributed by atoms with E-state index in [0.717, 1.165) is 49.4 Å². The average molecular weight is 618 g/mol. The summed E-state index contributed by atoms with van der Waals surface area (Å²) < 4.78 is 4.84. The van der Waals surface area contributed by atoms with Gasteiger partial charge in [0.15, 0.2) is 0 Å². The highest BCUT2D eigenvalue weighted by molar-refractivity contribution is 5.76. The van der Waals surface area contributed by atoms with Gasteiger partial charge in [-0.2, -0.15) is 0 Å². The molecule has 1 aromatic rings. The van der Waals surface area contributed by atoms with Crippen molar-refractivity contribution in [2.45, 2.75) is 155 Å².